The third-order valence-electron chi connectivity index (χ3n) is 5.61. The lowest BCUT2D eigenvalue weighted by Crippen LogP contribution is -2.39. The molecule has 0 saturated heterocycles. The molecule has 3 aliphatic heterocycles. The summed E-state index contributed by atoms with van der Waals surface area (Å²) in [5.74, 6) is 2.63. The summed E-state index contributed by atoms with van der Waals surface area (Å²) in [7, 11) is 0. The summed E-state index contributed by atoms with van der Waals surface area (Å²) in [6, 6.07) is 7.67. The predicted molar refractivity (Wildman–Crippen MR) is 105 cm³/mol. The van der Waals surface area contributed by atoms with E-state index in [9.17, 15) is 5.11 Å². The monoisotopic (exact) mass is 362 g/mol. The summed E-state index contributed by atoms with van der Waals surface area (Å²) in [5, 5.41) is 10.2. The minimum Gasteiger partial charge on any atom is -0.508 e. The second-order valence-corrected chi connectivity index (χ2v) is 8.04. The maximum atomic E-state index is 10.2. The average molecular weight is 362 g/mol. The minimum atomic E-state index is -0.336. The van der Waals surface area contributed by atoms with Crippen LogP contribution in [0, 0.1) is 6.92 Å². The summed E-state index contributed by atoms with van der Waals surface area (Å²) < 4.78 is 18.4. The first-order valence-corrected chi connectivity index (χ1v) is 9.21. The number of ether oxygens (including phenoxy) is 3. The van der Waals surface area contributed by atoms with E-state index in [1.54, 1.807) is 6.07 Å². The molecule has 0 spiro atoms. The highest BCUT2D eigenvalue weighted by Crippen LogP contribution is 2.52. The summed E-state index contributed by atoms with van der Waals surface area (Å²) in [4.78, 5) is 0. The van der Waals surface area contributed by atoms with Crippen molar-refractivity contribution in [1.82, 2.24) is 0 Å². The van der Waals surface area contributed by atoms with Gasteiger partial charge >= 0.3 is 0 Å². The van der Waals surface area contributed by atoms with E-state index in [1.807, 2.05) is 45.0 Å². The highest BCUT2D eigenvalue weighted by atomic mass is 16.5. The molecule has 5 rings (SSSR count). The second kappa shape index (κ2) is 5.32. The first-order chi connectivity index (χ1) is 12.8. The van der Waals surface area contributed by atoms with Gasteiger partial charge in [-0.3, -0.25) is 0 Å². The first-order valence-electron chi connectivity index (χ1n) is 9.21. The lowest BCUT2D eigenvalue weighted by Gasteiger charge is -2.41. The van der Waals surface area contributed by atoms with E-state index in [0.29, 0.717) is 6.61 Å². The van der Waals surface area contributed by atoms with Crippen LogP contribution >= 0.6 is 0 Å². The Labute approximate surface area is 158 Å². The van der Waals surface area contributed by atoms with Crippen LogP contribution in [0.5, 0.6) is 23.0 Å². The van der Waals surface area contributed by atoms with Gasteiger partial charge in [0.05, 0.1) is 11.5 Å². The van der Waals surface area contributed by atoms with Crippen molar-refractivity contribution >= 4 is 11.6 Å². The standard InChI is InChI=1S/C23H22O4/c1-12-9-19-16(10-17(12)24)21-13(2)14-5-6-18-15(7-8-23(3,4)27-18)22(14)26-20(21)11-25-19/h5-10,20-21,24H,2,11H2,1,3-4H3/t20-,21+/m1/s1. The molecule has 3 aliphatic rings. The fourth-order valence-electron chi connectivity index (χ4n) is 4.17. The molecule has 2 aromatic carbocycles. The van der Waals surface area contributed by atoms with E-state index >= 15 is 0 Å². The van der Waals surface area contributed by atoms with Crippen molar-refractivity contribution in [2.45, 2.75) is 38.4 Å². The molecule has 0 saturated carbocycles. The van der Waals surface area contributed by atoms with Crippen molar-refractivity contribution in [3.63, 3.8) is 0 Å². The number of hydrogen-bond donors (Lipinski definition) is 1. The predicted octanol–water partition coefficient (Wildman–Crippen LogP) is 4.84. The highest BCUT2D eigenvalue weighted by molar-refractivity contribution is 5.83. The van der Waals surface area contributed by atoms with Gasteiger partial charge < -0.3 is 19.3 Å². The number of fused-ring (bicyclic) bond motifs is 6. The van der Waals surface area contributed by atoms with Crippen LogP contribution in [0.2, 0.25) is 0 Å². The van der Waals surface area contributed by atoms with Crippen LogP contribution in [0.4, 0.5) is 0 Å². The molecular formula is C23H22O4. The van der Waals surface area contributed by atoms with Gasteiger partial charge in [0.25, 0.3) is 0 Å². The Hall–Kier alpha value is -2.88. The summed E-state index contributed by atoms with van der Waals surface area (Å²) in [6.07, 6.45) is 3.92. The smallest absolute Gasteiger partial charge is 0.144 e. The molecule has 2 atom stereocenters. The van der Waals surface area contributed by atoms with Crippen molar-refractivity contribution in [2.24, 2.45) is 0 Å². The molecule has 0 radical (unpaired) electrons. The number of phenols is 1. The Morgan fingerprint density at radius 3 is 2.81 bits per heavy atom. The number of rotatable bonds is 0. The lowest BCUT2D eigenvalue weighted by molar-refractivity contribution is 0.0934. The Morgan fingerprint density at radius 1 is 1.19 bits per heavy atom. The van der Waals surface area contributed by atoms with Crippen LogP contribution < -0.4 is 14.2 Å². The third-order valence-corrected chi connectivity index (χ3v) is 5.61. The van der Waals surface area contributed by atoms with Gasteiger partial charge in [-0.1, -0.05) is 6.58 Å². The van der Waals surface area contributed by atoms with Crippen molar-refractivity contribution in [3.8, 4) is 23.0 Å². The van der Waals surface area contributed by atoms with Gasteiger partial charge in [0.2, 0.25) is 0 Å². The maximum Gasteiger partial charge on any atom is 0.144 e. The van der Waals surface area contributed by atoms with Crippen LogP contribution in [-0.2, 0) is 0 Å². The molecule has 0 aromatic heterocycles. The van der Waals surface area contributed by atoms with E-state index in [4.69, 9.17) is 14.2 Å². The van der Waals surface area contributed by atoms with E-state index in [2.05, 4.69) is 12.7 Å². The van der Waals surface area contributed by atoms with Crippen molar-refractivity contribution in [2.75, 3.05) is 6.61 Å². The van der Waals surface area contributed by atoms with Crippen molar-refractivity contribution < 1.29 is 19.3 Å². The number of aromatic hydroxyl groups is 1. The quantitative estimate of drug-likeness (QED) is 0.729. The van der Waals surface area contributed by atoms with E-state index in [0.717, 1.165) is 45.1 Å². The van der Waals surface area contributed by atoms with Crippen molar-refractivity contribution in [1.29, 1.82) is 0 Å². The summed E-state index contributed by atoms with van der Waals surface area (Å²) in [6.45, 7) is 10.8. The lowest BCUT2D eigenvalue weighted by atomic mass is 9.78. The zero-order valence-corrected chi connectivity index (χ0v) is 15.7. The van der Waals surface area contributed by atoms with E-state index in [-0.39, 0.29) is 23.4 Å². The Morgan fingerprint density at radius 2 is 2.00 bits per heavy atom. The van der Waals surface area contributed by atoms with E-state index < -0.39 is 0 Å². The molecule has 3 heterocycles. The maximum absolute atomic E-state index is 10.2. The fraction of sp³-hybridized carbons (Fsp3) is 0.304. The number of benzene rings is 2. The molecular weight excluding hydrogens is 340 g/mol. The molecule has 2 aromatic rings. The zero-order valence-electron chi connectivity index (χ0n) is 15.7. The van der Waals surface area contributed by atoms with Crippen LogP contribution in [-0.4, -0.2) is 23.4 Å². The second-order valence-electron chi connectivity index (χ2n) is 8.04. The molecule has 0 amide bonds. The topological polar surface area (TPSA) is 47.9 Å². The largest absolute Gasteiger partial charge is 0.508 e. The van der Waals surface area contributed by atoms with Gasteiger partial charge in [-0.25, -0.2) is 0 Å². The normalized spacial score (nSPS) is 23.7. The van der Waals surface area contributed by atoms with E-state index in [1.165, 1.54) is 0 Å². The Balaban J connectivity index is 1.63. The van der Waals surface area contributed by atoms with Crippen LogP contribution in [0.3, 0.4) is 0 Å². The number of phenolic OH excluding ortho intramolecular Hbond substituents is 1. The average Bonchev–Trinajstić information content (AvgIpc) is 2.61. The first kappa shape index (κ1) is 16.3. The molecule has 1 N–H and O–H groups in total. The molecule has 4 nitrogen and oxygen atoms in total. The SMILES string of the molecule is C=C1c2ccc3c(c2O[C@@H]2COc4cc(C)c(O)cc4[C@H]12)C=CC(C)(C)O3. The molecule has 0 aliphatic carbocycles. The molecule has 0 bridgehead atoms. The fourth-order valence-corrected chi connectivity index (χ4v) is 4.17. The van der Waals surface area contributed by atoms with Gasteiger partial charge in [0.1, 0.15) is 41.3 Å². The Kier molecular flexibility index (Phi) is 3.21. The molecule has 138 valence electrons. The van der Waals surface area contributed by atoms with Gasteiger partial charge in [-0.2, -0.15) is 0 Å². The number of aryl methyl sites for hydroxylation is 1. The summed E-state index contributed by atoms with van der Waals surface area (Å²) in [5.41, 5.74) is 4.30. The summed E-state index contributed by atoms with van der Waals surface area (Å²) >= 11 is 0. The van der Waals surface area contributed by atoms with Crippen LogP contribution in [0.1, 0.15) is 42.0 Å². The van der Waals surface area contributed by atoms with Gasteiger partial charge in [0.15, 0.2) is 0 Å². The van der Waals surface area contributed by atoms with Crippen molar-refractivity contribution in [3.05, 3.63) is 59.2 Å². The third kappa shape index (κ3) is 2.36. The molecule has 0 fully saturated rings. The molecule has 4 heteroatoms. The molecule has 0 unspecified atom stereocenters. The molecule has 27 heavy (non-hydrogen) atoms. The highest BCUT2D eigenvalue weighted by Gasteiger charge is 2.41. The van der Waals surface area contributed by atoms with Gasteiger partial charge in [0, 0.05) is 11.1 Å². The van der Waals surface area contributed by atoms with Crippen LogP contribution in [0.25, 0.3) is 11.6 Å². The zero-order chi connectivity index (χ0) is 18.9. The van der Waals surface area contributed by atoms with Gasteiger partial charge in [-0.05, 0) is 68.3 Å². The Bertz CT molecular complexity index is 1020. The number of hydrogen-bond acceptors (Lipinski definition) is 4. The van der Waals surface area contributed by atoms with Crippen LogP contribution in [0.15, 0.2) is 36.9 Å². The van der Waals surface area contributed by atoms with Gasteiger partial charge in [-0.15, -0.1) is 0 Å². The minimum absolute atomic E-state index is 0.0456.